The van der Waals surface area contributed by atoms with Crippen LogP contribution in [0.2, 0.25) is 0 Å². The van der Waals surface area contributed by atoms with Crippen molar-refractivity contribution in [3.63, 3.8) is 0 Å². The van der Waals surface area contributed by atoms with Gasteiger partial charge in [-0.25, -0.2) is 4.79 Å². The number of carbonyl (C=O) groups is 1. The standard InChI is InChI=1S/C25H27NO3/c1-16-13-19(25(3,4)5)11-12-20(16)21-14-22(23(24(27)28)17(2)26-21)29-15-18-9-7-6-8-10-18/h6-14H,15H2,1-5H3,(H,27,28). The largest absolute Gasteiger partial charge is 0.488 e. The molecule has 3 aromatic rings. The molecule has 29 heavy (non-hydrogen) atoms. The first kappa shape index (κ1) is 20.6. The van der Waals surface area contributed by atoms with Gasteiger partial charge in [0.1, 0.15) is 17.9 Å². The highest BCUT2D eigenvalue weighted by atomic mass is 16.5. The molecule has 1 aromatic heterocycles. The summed E-state index contributed by atoms with van der Waals surface area (Å²) in [4.78, 5) is 16.4. The van der Waals surface area contributed by atoms with Gasteiger partial charge in [-0.1, -0.05) is 69.3 Å². The number of hydrogen-bond donors (Lipinski definition) is 1. The number of benzene rings is 2. The Bertz CT molecular complexity index is 1030. The van der Waals surface area contributed by atoms with Gasteiger partial charge in [0.2, 0.25) is 0 Å². The number of ether oxygens (including phenoxy) is 1. The molecule has 1 heterocycles. The Hall–Kier alpha value is -3.14. The van der Waals surface area contributed by atoms with E-state index in [2.05, 4.69) is 50.9 Å². The zero-order valence-corrected chi connectivity index (χ0v) is 17.6. The van der Waals surface area contributed by atoms with E-state index in [1.165, 1.54) is 5.56 Å². The highest BCUT2D eigenvalue weighted by Gasteiger charge is 2.20. The summed E-state index contributed by atoms with van der Waals surface area (Å²) in [5.74, 6) is -0.701. The molecule has 0 saturated carbocycles. The first-order valence-electron chi connectivity index (χ1n) is 9.70. The predicted molar refractivity (Wildman–Crippen MR) is 116 cm³/mol. The molecule has 0 unspecified atom stereocenters. The summed E-state index contributed by atoms with van der Waals surface area (Å²) in [5.41, 5.74) is 5.62. The van der Waals surface area contributed by atoms with E-state index in [-0.39, 0.29) is 11.0 Å². The van der Waals surface area contributed by atoms with E-state index >= 15 is 0 Å². The first-order valence-corrected chi connectivity index (χ1v) is 9.70. The maximum atomic E-state index is 11.8. The van der Waals surface area contributed by atoms with Gasteiger partial charge in [0, 0.05) is 11.6 Å². The molecule has 150 valence electrons. The first-order chi connectivity index (χ1) is 13.7. The number of aromatic nitrogens is 1. The molecule has 0 radical (unpaired) electrons. The van der Waals surface area contributed by atoms with Crippen LogP contribution in [0, 0.1) is 13.8 Å². The summed E-state index contributed by atoms with van der Waals surface area (Å²) >= 11 is 0. The van der Waals surface area contributed by atoms with Crippen molar-refractivity contribution >= 4 is 5.97 Å². The van der Waals surface area contributed by atoms with Crippen molar-refractivity contribution in [3.05, 3.63) is 82.5 Å². The van der Waals surface area contributed by atoms with Gasteiger partial charge in [0.25, 0.3) is 0 Å². The molecular weight excluding hydrogens is 362 g/mol. The maximum Gasteiger partial charge on any atom is 0.341 e. The Kier molecular flexibility index (Phi) is 5.73. The Morgan fingerprint density at radius 1 is 1.03 bits per heavy atom. The minimum Gasteiger partial charge on any atom is -0.488 e. The van der Waals surface area contributed by atoms with Crippen molar-refractivity contribution in [3.8, 4) is 17.0 Å². The number of aryl methyl sites for hydroxylation is 2. The molecule has 3 rings (SSSR count). The van der Waals surface area contributed by atoms with E-state index in [0.29, 0.717) is 23.7 Å². The number of rotatable bonds is 5. The molecule has 0 atom stereocenters. The molecule has 0 aliphatic carbocycles. The number of hydrogen-bond acceptors (Lipinski definition) is 3. The van der Waals surface area contributed by atoms with Gasteiger partial charge in [-0.2, -0.15) is 0 Å². The summed E-state index contributed by atoms with van der Waals surface area (Å²) in [6, 6.07) is 17.8. The normalized spacial score (nSPS) is 11.3. The summed E-state index contributed by atoms with van der Waals surface area (Å²) in [5, 5.41) is 9.67. The van der Waals surface area contributed by atoms with Gasteiger partial charge in [-0.15, -0.1) is 0 Å². The van der Waals surface area contributed by atoms with Gasteiger partial charge in [-0.3, -0.25) is 4.98 Å². The van der Waals surface area contributed by atoms with Crippen LogP contribution in [0.5, 0.6) is 5.75 Å². The van der Waals surface area contributed by atoms with Crippen molar-refractivity contribution in [2.75, 3.05) is 0 Å². The number of pyridine rings is 1. The van der Waals surface area contributed by atoms with E-state index < -0.39 is 5.97 Å². The zero-order valence-electron chi connectivity index (χ0n) is 17.6. The smallest absolute Gasteiger partial charge is 0.341 e. The van der Waals surface area contributed by atoms with E-state index in [9.17, 15) is 9.90 Å². The van der Waals surface area contributed by atoms with E-state index in [4.69, 9.17) is 4.74 Å². The fourth-order valence-electron chi connectivity index (χ4n) is 3.31. The van der Waals surface area contributed by atoms with Crippen molar-refractivity contribution in [2.45, 2.75) is 46.6 Å². The molecule has 0 spiro atoms. The quantitative estimate of drug-likeness (QED) is 0.587. The van der Waals surface area contributed by atoms with Crippen LogP contribution >= 0.6 is 0 Å². The summed E-state index contributed by atoms with van der Waals surface area (Å²) < 4.78 is 5.92. The topological polar surface area (TPSA) is 59.4 Å². The molecule has 0 saturated heterocycles. The number of nitrogens with zero attached hydrogens (tertiary/aromatic N) is 1. The third kappa shape index (κ3) is 4.65. The van der Waals surface area contributed by atoms with Crippen LogP contribution < -0.4 is 4.74 Å². The molecule has 0 bridgehead atoms. The second-order valence-corrected chi connectivity index (χ2v) is 8.33. The second kappa shape index (κ2) is 8.08. The van der Waals surface area contributed by atoms with Crippen LogP contribution in [0.25, 0.3) is 11.3 Å². The molecule has 4 heteroatoms. The summed E-state index contributed by atoms with van der Waals surface area (Å²) in [6.45, 7) is 10.6. The SMILES string of the molecule is Cc1cc(C(C)(C)C)ccc1-c1cc(OCc2ccccc2)c(C(=O)O)c(C)n1. The summed E-state index contributed by atoms with van der Waals surface area (Å²) in [6.07, 6.45) is 0. The highest BCUT2D eigenvalue weighted by molar-refractivity contribution is 5.92. The molecule has 0 aliphatic heterocycles. The molecule has 4 nitrogen and oxygen atoms in total. The van der Waals surface area contributed by atoms with Gasteiger partial charge in [0.15, 0.2) is 0 Å². The minimum atomic E-state index is -1.04. The third-order valence-electron chi connectivity index (χ3n) is 4.98. The van der Waals surface area contributed by atoms with Crippen LogP contribution in [-0.2, 0) is 12.0 Å². The van der Waals surface area contributed by atoms with E-state index in [1.54, 1.807) is 13.0 Å². The van der Waals surface area contributed by atoms with Crippen molar-refractivity contribution in [1.82, 2.24) is 4.98 Å². The lowest BCUT2D eigenvalue weighted by molar-refractivity contribution is 0.0690. The van der Waals surface area contributed by atoms with Crippen molar-refractivity contribution < 1.29 is 14.6 Å². The molecule has 0 fully saturated rings. The lowest BCUT2D eigenvalue weighted by Crippen LogP contribution is -2.11. The fraction of sp³-hybridized carbons (Fsp3) is 0.280. The molecule has 0 amide bonds. The fourth-order valence-corrected chi connectivity index (χ4v) is 3.31. The molecule has 2 aromatic carbocycles. The molecule has 1 N–H and O–H groups in total. The van der Waals surface area contributed by atoms with E-state index in [1.807, 2.05) is 30.3 Å². The van der Waals surface area contributed by atoms with Crippen LogP contribution in [0.4, 0.5) is 0 Å². The Labute approximate surface area is 172 Å². The highest BCUT2D eigenvalue weighted by Crippen LogP contribution is 2.32. The zero-order chi connectivity index (χ0) is 21.2. The van der Waals surface area contributed by atoms with Gasteiger partial charge >= 0.3 is 5.97 Å². The second-order valence-electron chi connectivity index (χ2n) is 8.33. The maximum absolute atomic E-state index is 11.8. The molecular formula is C25H27NO3. The summed E-state index contributed by atoms with van der Waals surface area (Å²) in [7, 11) is 0. The van der Waals surface area contributed by atoms with Gasteiger partial charge in [-0.05, 0) is 36.0 Å². The Morgan fingerprint density at radius 2 is 1.72 bits per heavy atom. The minimum absolute atomic E-state index is 0.0593. The lowest BCUT2D eigenvalue weighted by Gasteiger charge is -2.21. The number of aromatic carboxylic acids is 1. The van der Waals surface area contributed by atoms with Gasteiger partial charge < -0.3 is 9.84 Å². The Balaban J connectivity index is 2.02. The third-order valence-corrected chi connectivity index (χ3v) is 4.98. The number of carboxylic acid groups (broad SMARTS) is 1. The predicted octanol–water partition coefficient (Wildman–Crippen LogP) is 5.94. The van der Waals surface area contributed by atoms with Crippen molar-refractivity contribution in [1.29, 1.82) is 0 Å². The van der Waals surface area contributed by atoms with E-state index in [0.717, 1.165) is 16.7 Å². The van der Waals surface area contributed by atoms with Crippen LogP contribution in [0.1, 0.15) is 53.5 Å². The van der Waals surface area contributed by atoms with Crippen LogP contribution in [-0.4, -0.2) is 16.1 Å². The van der Waals surface area contributed by atoms with Crippen LogP contribution in [0.3, 0.4) is 0 Å². The lowest BCUT2D eigenvalue weighted by atomic mass is 9.85. The number of carboxylic acids is 1. The average molecular weight is 389 g/mol. The average Bonchev–Trinajstić information content (AvgIpc) is 2.65. The van der Waals surface area contributed by atoms with Gasteiger partial charge in [0.05, 0.1) is 11.4 Å². The monoisotopic (exact) mass is 389 g/mol. The van der Waals surface area contributed by atoms with Crippen LogP contribution in [0.15, 0.2) is 54.6 Å². The Morgan fingerprint density at radius 3 is 2.31 bits per heavy atom. The molecule has 0 aliphatic rings. The van der Waals surface area contributed by atoms with Crippen molar-refractivity contribution in [2.24, 2.45) is 0 Å².